The zero-order chi connectivity index (χ0) is 19.8. The molecule has 0 aliphatic rings. The van der Waals surface area contributed by atoms with Crippen LogP contribution in [0.3, 0.4) is 0 Å². The third-order valence-corrected chi connectivity index (χ3v) is 7.45. The van der Waals surface area contributed by atoms with Crippen molar-refractivity contribution in [1.29, 1.82) is 0 Å². The summed E-state index contributed by atoms with van der Waals surface area (Å²) < 4.78 is 25.2. The van der Waals surface area contributed by atoms with E-state index in [1.165, 1.54) is 29.0 Å². The van der Waals surface area contributed by atoms with Crippen molar-refractivity contribution in [3.05, 3.63) is 66.2 Å². The molecule has 1 N–H and O–H groups in total. The first-order valence-corrected chi connectivity index (χ1v) is 12.1. The van der Waals surface area contributed by atoms with Crippen molar-refractivity contribution in [3.8, 4) is 0 Å². The van der Waals surface area contributed by atoms with Gasteiger partial charge in [0.05, 0.1) is 4.90 Å². The molecule has 0 radical (unpaired) electrons. The number of hydrogen-bond donors (Lipinski definition) is 1. The summed E-state index contributed by atoms with van der Waals surface area (Å²) in [6.07, 6.45) is 2.00. The second kappa shape index (κ2) is 9.81. The lowest BCUT2D eigenvalue weighted by molar-refractivity contribution is -0.113. The Balaban J connectivity index is 1.45. The molecular weight excluding hydrogens is 414 g/mol. The number of anilines is 1. The smallest absolute Gasteiger partial charge is 0.241 e. The van der Waals surface area contributed by atoms with E-state index in [1.54, 1.807) is 30.0 Å². The van der Waals surface area contributed by atoms with Crippen LogP contribution in [0.5, 0.6) is 0 Å². The molecule has 28 heavy (non-hydrogen) atoms. The number of hydrogen-bond acceptors (Lipinski definition) is 7. The molecule has 0 fully saturated rings. The van der Waals surface area contributed by atoms with E-state index in [-0.39, 0.29) is 4.90 Å². The first-order chi connectivity index (χ1) is 13.5. The summed E-state index contributed by atoms with van der Waals surface area (Å²) in [5, 5.41) is 10.8. The number of thioether (sulfide) groups is 1. The topological polar surface area (TPSA) is 89.0 Å². The van der Waals surface area contributed by atoms with Crippen LogP contribution in [0.1, 0.15) is 12.0 Å². The molecule has 3 rings (SSSR count). The summed E-state index contributed by atoms with van der Waals surface area (Å²) >= 11 is 2.82. The fraction of sp³-hybridized carbons (Fsp3) is 0.211. The molecule has 0 spiro atoms. The first-order valence-electron chi connectivity index (χ1n) is 8.61. The van der Waals surface area contributed by atoms with Crippen LogP contribution in [0, 0.1) is 0 Å². The van der Waals surface area contributed by atoms with Crippen molar-refractivity contribution in [2.45, 2.75) is 22.1 Å². The lowest BCUT2D eigenvalue weighted by Crippen LogP contribution is -2.22. The van der Waals surface area contributed by atoms with E-state index in [2.05, 4.69) is 27.6 Å². The van der Waals surface area contributed by atoms with E-state index in [1.807, 2.05) is 18.2 Å². The SMILES string of the molecule is O=C(CS(=O)(=O)c1ccccc1)Nc1nnc(SCCCc2ccccc2)s1. The molecule has 9 heteroatoms. The van der Waals surface area contributed by atoms with Gasteiger partial charge in [-0.05, 0) is 30.5 Å². The van der Waals surface area contributed by atoms with E-state index in [4.69, 9.17) is 0 Å². The minimum absolute atomic E-state index is 0.122. The quantitative estimate of drug-likeness (QED) is 0.315. The standard InChI is InChI=1S/C19H19N3O3S3/c23-17(14-28(24,25)16-11-5-2-6-12-16)20-18-21-22-19(27-18)26-13-7-10-15-8-3-1-4-9-15/h1-6,8-9,11-12H,7,10,13-14H2,(H,20,21,23). The van der Waals surface area contributed by atoms with E-state index in [9.17, 15) is 13.2 Å². The summed E-state index contributed by atoms with van der Waals surface area (Å²) in [4.78, 5) is 12.2. The average molecular weight is 434 g/mol. The molecule has 1 amide bonds. The fourth-order valence-electron chi connectivity index (χ4n) is 2.44. The van der Waals surface area contributed by atoms with Crippen LogP contribution in [0.25, 0.3) is 0 Å². The Morgan fingerprint density at radius 2 is 1.68 bits per heavy atom. The van der Waals surface area contributed by atoms with Gasteiger partial charge in [0, 0.05) is 5.75 Å². The second-order valence-electron chi connectivity index (χ2n) is 5.93. The fourth-order valence-corrected chi connectivity index (χ4v) is 5.37. The summed E-state index contributed by atoms with van der Waals surface area (Å²) in [5.74, 6) is -0.364. The minimum atomic E-state index is -3.68. The molecule has 1 aromatic heterocycles. The van der Waals surface area contributed by atoms with E-state index >= 15 is 0 Å². The van der Waals surface area contributed by atoms with Crippen LogP contribution in [-0.2, 0) is 21.1 Å². The van der Waals surface area contributed by atoms with Crippen LogP contribution >= 0.6 is 23.1 Å². The molecule has 0 aliphatic carbocycles. The van der Waals surface area contributed by atoms with Crippen LogP contribution in [0.2, 0.25) is 0 Å². The molecule has 1 heterocycles. The highest BCUT2D eigenvalue weighted by Crippen LogP contribution is 2.26. The first kappa shape index (κ1) is 20.5. The molecule has 0 aliphatic heterocycles. The van der Waals surface area contributed by atoms with Gasteiger partial charge in [0.2, 0.25) is 11.0 Å². The number of carbonyl (C=O) groups is 1. The van der Waals surface area contributed by atoms with Gasteiger partial charge in [0.1, 0.15) is 5.75 Å². The van der Waals surface area contributed by atoms with E-state index in [0.29, 0.717) is 5.13 Å². The summed E-state index contributed by atoms with van der Waals surface area (Å²) in [6, 6.07) is 18.2. The van der Waals surface area contributed by atoms with Crippen LogP contribution in [-0.4, -0.2) is 36.0 Å². The monoisotopic (exact) mass is 433 g/mol. The Hall–Kier alpha value is -2.23. The van der Waals surface area contributed by atoms with Gasteiger partial charge in [-0.1, -0.05) is 71.6 Å². The summed E-state index contributed by atoms with van der Waals surface area (Å²) in [7, 11) is -3.68. The largest absolute Gasteiger partial charge is 0.300 e. The normalized spacial score (nSPS) is 11.3. The van der Waals surface area contributed by atoms with Gasteiger partial charge in [-0.2, -0.15) is 0 Å². The van der Waals surface area contributed by atoms with Gasteiger partial charge in [0.15, 0.2) is 14.2 Å². The lowest BCUT2D eigenvalue weighted by Gasteiger charge is -2.03. The highest BCUT2D eigenvalue weighted by Gasteiger charge is 2.20. The highest BCUT2D eigenvalue weighted by molar-refractivity contribution is 8.01. The maximum atomic E-state index is 12.2. The Bertz CT molecular complexity index is 1010. The van der Waals surface area contributed by atoms with Crippen molar-refractivity contribution in [2.24, 2.45) is 0 Å². The number of amides is 1. The van der Waals surface area contributed by atoms with E-state index in [0.717, 1.165) is 22.9 Å². The number of aryl methyl sites for hydroxylation is 1. The van der Waals surface area contributed by atoms with Gasteiger partial charge < -0.3 is 0 Å². The van der Waals surface area contributed by atoms with Crippen molar-refractivity contribution in [2.75, 3.05) is 16.8 Å². The zero-order valence-electron chi connectivity index (χ0n) is 14.9. The Morgan fingerprint density at radius 3 is 2.39 bits per heavy atom. The van der Waals surface area contributed by atoms with Crippen molar-refractivity contribution >= 4 is 44.0 Å². The molecule has 0 saturated carbocycles. The lowest BCUT2D eigenvalue weighted by atomic mass is 10.1. The van der Waals surface area contributed by atoms with Crippen LogP contribution in [0.4, 0.5) is 5.13 Å². The van der Waals surface area contributed by atoms with Crippen LogP contribution < -0.4 is 5.32 Å². The third kappa shape index (κ3) is 6.15. The maximum Gasteiger partial charge on any atom is 0.241 e. The predicted molar refractivity (Wildman–Crippen MR) is 113 cm³/mol. The Morgan fingerprint density at radius 1 is 1.00 bits per heavy atom. The molecule has 0 atom stereocenters. The minimum Gasteiger partial charge on any atom is -0.300 e. The van der Waals surface area contributed by atoms with Gasteiger partial charge >= 0.3 is 0 Å². The van der Waals surface area contributed by atoms with Crippen LogP contribution in [0.15, 0.2) is 69.9 Å². The molecule has 0 bridgehead atoms. The van der Waals surface area contributed by atoms with E-state index < -0.39 is 21.5 Å². The summed E-state index contributed by atoms with van der Waals surface area (Å²) in [5.41, 5.74) is 1.30. The van der Waals surface area contributed by atoms with Gasteiger partial charge in [-0.3, -0.25) is 10.1 Å². The molecule has 6 nitrogen and oxygen atoms in total. The number of nitrogens with one attached hydrogen (secondary N) is 1. The van der Waals surface area contributed by atoms with Gasteiger partial charge in [-0.15, -0.1) is 10.2 Å². The Kier molecular flexibility index (Phi) is 7.18. The van der Waals surface area contributed by atoms with Gasteiger partial charge in [0.25, 0.3) is 0 Å². The number of aromatic nitrogens is 2. The number of rotatable bonds is 9. The molecule has 3 aromatic rings. The summed E-state index contributed by atoms with van der Waals surface area (Å²) in [6.45, 7) is 0. The number of sulfone groups is 1. The average Bonchev–Trinajstić information content (AvgIpc) is 3.13. The number of carbonyl (C=O) groups excluding carboxylic acids is 1. The van der Waals surface area contributed by atoms with Crippen molar-refractivity contribution in [1.82, 2.24) is 10.2 Å². The molecule has 146 valence electrons. The van der Waals surface area contributed by atoms with Gasteiger partial charge in [-0.25, -0.2) is 8.42 Å². The van der Waals surface area contributed by atoms with Crippen molar-refractivity contribution < 1.29 is 13.2 Å². The highest BCUT2D eigenvalue weighted by atomic mass is 32.2. The predicted octanol–water partition coefficient (Wildman–Crippen LogP) is 3.68. The molecule has 2 aromatic carbocycles. The van der Waals surface area contributed by atoms with Crippen molar-refractivity contribution in [3.63, 3.8) is 0 Å². The number of nitrogens with zero attached hydrogens (tertiary/aromatic N) is 2. The Labute approximate surface area is 172 Å². The second-order valence-corrected chi connectivity index (χ2v) is 10.2. The number of benzene rings is 2. The zero-order valence-corrected chi connectivity index (χ0v) is 17.4. The molecule has 0 saturated heterocycles. The third-order valence-electron chi connectivity index (χ3n) is 3.75. The molecule has 0 unspecified atom stereocenters. The molecular formula is C19H19N3O3S3. The maximum absolute atomic E-state index is 12.2.